The molecule has 5 heteroatoms. The number of halogens is 3. The zero-order valence-electron chi connectivity index (χ0n) is 10.3. The van der Waals surface area contributed by atoms with Crippen LogP contribution in [0.1, 0.15) is 17.0 Å². The Labute approximate surface area is 124 Å². The fourth-order valence-electron chi connectivity index (χ4n) is 1.64. The molecule has 1 heterocycles. The molecule has 0 spiro atoms. The molecule has 0 bridgehead atoms. The highest BCUT2D eigenvalue weighted by molar-refractivity contribution is 9.10. The molecule has 0 saturated carbocycles. The summed E-state index contributed by atoms with van der Waals surface area (Å²) in [4.78, 5) is 4.30. The highest BCUT2D eigenvalue weighted by Gasteiger charge is 2.08. The van der Waals surface area contributed by atoms with Crippen LogP contribution in [0, 0.1) is 12.7 Å². The fourth-order valence-corrected chi connectivity index (χ4v) is 2.21. The van der Waals surface area contributed by atoms with Crippen molar-refractivity contribution < 1.29 is 9.13 Å². The van der Waals surface area contributed by atoms with Gasteiger partial charge in [0.05, 0.1) is 16.0 Å². The van der Waals surface area contributed by atoms with Crippen LogP contribution in [0.5, 0.6) is 5.75 Å². The minimum atomic E-state index is -0.305. The van der Waals surface area contributed by atoms with E-state index in [-0.39, 0.29) is 18.3 Å². The van der Waals surface area contributed by atoms with Gasteiger partial charge in [-0.1, -0.05) is 12.1 Å². The van der Waals surface area contributed by atoms with E-state index in [9.17, 15) is 4.39 Å². The summed E-state index contributed by atoms with van der Waals surface area (Å²) < 4.78 is 19.4. The molecule has 0 aliphatic carbocycles. The highest BCUT2D eigenvalue weighted by atomic mass is 79.9. The van der Waals surface area contributed by atoms with Crippen molar-refractivity contribution in [1.29, 1.82) is 0 Å². The minimum Gasteiger partial charge on any atom is -0.487 e. The molecular weight excluding hydrogens is 333 g/mol. The molecule has 2 nitrogen and oxygen atoms in total. The zero-order chi connectivity index (χ0) is 13.8. The van der Waals surface area contributed by atoms with Crippen molar-refractivity contribution in [3.8, 4) is 5.75 Å². The Kier molecular flexibility index (Phi) is 4.77. The van der Waals surface area contributed by atoms with Gasteiger partial charge in [-0.05, 0) is 41.1 Å². The molecule has 0 amide bonds. The largest absolute Gasteiger partial charge is 0.487 e. The number of alkyl halides is 1. The molecule has 2 rings (SSSR count). The lowest BCUT2D eigenvalue weighted by atomic mass is 10.2. The van der Waals surface area contributed by atoms with E-state index in [4.69, 9.17) is 16.3 Å². The van der Waals surface area contributed by atoms with E-state index in [0.717, 1.165) is 11.3 Å². The molecule has 0 N–H and O–H groups in total. The molecule has 1 aromatic carbocycles. The number of ether oxygens (including phenoxy) is 1. The summed E-state index contributed by atoms with van der Waals surface area (Å²) in [5.41, 5.74) is 2.31. The average molecular weight is 345 g/mol. The van der Waals surface area contributed by atoms with E-state index in [1.165, 1.54) is 6.07 Å². The third kappa shape index (κ3) is 3.45. The number of rotatable bonds is 4. The topological polar surface area (TPSA) is 22.1 Å². The molecule has 1 aromatic heterocycles. The number of pyridine rings is 1. The van der Waals surface area contributed by atoms with E-state index in [0.29, 0.717) is 15.9 Å². The first-order valence-corrected chi connectivity index (χ1v) is 7.02. The molecule has 0 unspecified atom stereocenters. The van der Waals surface area contributed by atoms with E-state index in [2.05, 4.69) is 20.9 Å². The van der Waals surface area contributed by atoms with Crippen LogP contribution in [-0.4, -0.2) is 4.98 Å². The van der Waals surface area contributed by atoms with Gasteiger partial charge in [0.2, 0.25) is 0 Å². The maximum Gasteiger partial charge on any atom is 0.142 e. The maximum atomic E-state index is 13.4. The lowest BCUT2D eigenvalue weighted by Gasteiger charge is -2.11. The van der Waals surface area contributed by atoms with Crippen LogP contribution in [-0.2, 0) is 12.5 Å². The van der Waals surface area contributed by atoms with E-state index < -0.39 is 0 Å². The number of aromatic nitrogens is 1. The third-order valence-corrected chi connectivity index (χ3v) is 3.75. The summed E-state index contributed by atoms with van der Waals surface area (Å²) >= 11 is 9.03. The van der Waals surface area contributed by atoms with Crippen molar-refractivity contribution in [2.75, 3.05) is 0 Å². The Bertz CT molecular complexity index is 592. The van der Waals surface area contributed by atoms with E-state index >= 15 is 0 Å². The molecule has 100 valence electrons. The van der Waals surface area contributed by atoms with E-state index in [1.807, 2.05) is 19.1 Å². The Morgan fingerprint density at radius 2 is 2.11 bits per heavy atom. The molecule has 0 atom stereocenters. The first-order chi connectivity index (χ1) is 9.11. The third-order valence-electron chi connectivity index (χ3n) is 2.61. The van der Waals surface area contributed by atoms with Crippen molar-refractivity contribution >= 4 is 27.5 Å². The normalized spacial score (nSPS) is 10.5. The fraction of sp³-hybridized carbons (Fsp3) is 0.214. The van der Waals surface area contributed by atoms with Crippen LogP contribution in [0.15, 0.2) is 34.8 Å². The molecular formula is C14H12BrClFNO. The van der Waals surface area contributed by atoms with Crippen molar-refractivity contribution in [3.63, 3.8) is 0 Å². The predicted molar refractivity (Wildman–Crippen MR) is 77.0 cm³/mol. The molecule has 19 heavy (non-hydrogen) atoms. The van der Waals surface area contributed by atoms with Gasteiger partial charge < -0.3 is 4.74 Å². The lowest BCUT2D eigenvalue weighted by Crippen LogP contribution is -2.01. The number of benzene rings is 1. The zero-order valence-corrected chi connectivity index (χ0v) is 12.6. The van der Waals surface area contributed by atoms with Gasteiger partial charge in [-0.3, -0.25) is 4.98 Å². The predicted octanol–water partition coefficient (Wildman–Crippen LogP) is 4.61. The Balaban J connectivity index is 2.17. The monoisotopic (exact) mass is 343 g/mol. The summed E-state index contributed by atoms with van der Waals surface area (Å²) in [5, 5.41) is 0. The first-order valence-electron chi connectivity index (χ1n) is 5.70. The molecule has 2 aromatic rings. The smallest absolute Gasteiger partial charge is 0.142 e. The van der Waals surface area contributed by atoms with Gasteiger partial charge in [-0.15, -0.1) is 11.6 Å². The molecule has 0 fully saturated rings. The van der Waals surface area contributed by atoms with Crippen LogP contribution in [0.3, 0.4) is 0 Å². The molecule has 0 aliphatic rings. The second-order valence-corrected chi connectivity index (χ2v) is 5.09. The van der Waals surface area contributed by atoms with Crippen molar-refractivity contribution in [1.82, 2.24) is 4.98 Å². The molecule has 0 aliphatic heterocycles. The van der Waals surface area contributed by atoms with Crippen molar-refractivity contribution in [2.45, 2.75) is 19.4 Å². The van der Waals surface area contributed by atoms with Crippen LogP contribution in [0.2, 0.25) is 0 Å². The van der Waals surface area contributed by atoms with Crippen LogP contribution in [0.4, 0.5) is 4.39 Å². The Hall–Kier alpha value is -1.13. The summed E-state index contributed by atoms with van der Waals surface area (Å²) in [7, 11) is 0. The summed E-state index contributed by atoms with van der Waals surface area (Å²) in [6, 6.07) is 8.52. The lowest BCUT2D eigenvalue weighted by molar-refractivity contribution is 0.300. The maximum absolute atomic E-state index is 13.4. The van der Waals surface area contributed by atoms with Gasteiger partial charge in [0.25, 0.3) is 0 Å². The number of aryl methyl sites for hydroxylation is 1. The van der Waals surface area contributed by atoms with Gasteiger partial charge >= 0.3 is 0 Å². The first kappa shape index (κ1) is 14.3. The summed E-state index contributed by atoms with van der Waals surface area (Å²) in [5.74, 6) is 0.596. The van der Waals surface area contributed by atoms with Gasteiger partial charge in [-0.2, -0.15) is 0 Å². The van der Waals surface area contributed by atoms with Gasteiger partial charge in [0.1, 0.15) is 18.2 Å². The van der Waals surface area contributed by atoms with E-state index in [1.54, 1.807) is 12.1 Å². The van der Waals surface area contributed by atoms with Crippen LogP contribution in [0.25, 0.3) is 0 Å². The second-order valence-electron chi connectivity index (χ2n) is 4.03. The van der Waals surface area contributed by atoms with Crippen LogP contribution >= 0.6 is 27.5 Å². The SMILES string of the molecule is Cc1ccc(OCc2cccc(F)c2Br)c(CCl)n1. The molecule has 0 radical (unpaired) electrons. The van der Waals surface area contributed by atoms with Crippen LogP contribution < -0.4 is 4.74 Å². The number of hydrogen-bond acceptors (Lipinski definition) is 2. The van der Waals surface area contributed by atoms with Crippen molar-refractivity contribution in [3.05, 3.63) is 57.6 Å². The highest BCUT2D eigenvalue weighted by Crippen LogP contribution is 2.24. The quantitative estimate of drug-likeness (QED) is 0.756. The summed E-state index contributed by atoms with van der Waals surface area (Å²) in [6.07, 6.45) is 0. The average Bonchev–Trinajstić information content (AvgIpc) is 2.41. The summed E-state index contributed by atoms with van der Waals surface area (Å²) in [6.45, 7) is 2.15. The van der Waals surface area contributed by atoms with Gasteiger partial charge in [0, 0.05) is 11.3 Å². The Morgan fingerprint density at radius 1 is 1.32 bits per heavy atom. The standard InChI is InChI=1S/C14H12BrClFNO/c1-9-5-6-13(12(7-16)18-9)19-8-10-3-2-4-11(17)14(10)15/h2-6H,7-8H2,1H3. The number of nitrogens with zero attached hydrogens (tertiary/aromatic N) is 1. The van der Waals surface area contributed by atoms with Gasteiger partial charge in [0.15, 0.2) is 0 Å². The van der Waals surface area contributed by atoms with Crippen molar-refractivity contribution in [2.24, 2.45) is 0 Å². The minimum absolute atomic E-state index is 0.257. The molecule has 0 saturated heterocycles. The Morgan fingerprint density at radius 3 is 2.84 bits per heavy atom. The number of hydrogen-bond donors (Lipinski definition) is 0. The second kappa shape index (κ2) is 6.35. The van der Waals surface area contributed by atoms with Gasteiger partial charge in [-0.25, -0.2) is 4.39 Å².